The Bertz CT molecular complexity index is 295. The van der Waals surface area contributed by atoms with Gasteiger partial charge in [0.1, 0.15) is 0 Å². The van der Waals surface area contributed by atoms with Crippen LogP contribution in [0.4, 0.5) is 0 Å². The van der Waals surface area contributed by atoms with E-state index in [2.05, 4.69) is 0 Å². The van der Waals surface area contributed by atoms with Gasteiger partial charge in [-0.25, -0.2) is 0 Å². The van der Waals surface area contributed by atoms with Crippen molar-refractivity contribution >= 4 is 11.9 Å². The lowest BCUT2D eigenvalue weighted by Crippen LogP contribution is -2.28. The van der Waals surface area contributed by atoms with E-state index in [1.54, 1.807) is 53.7 Å². The molecular formula is C14H24O4. The van der Waals surface area contributed by atoms with Crippen LogP contribution >= 0.6 is 0 Å². The van der Waals surface area contributed by atoms with Crippen LogP contribution in [-0.4, -0.2) is 25.2 Å². The molecule has 0 unspecified atom stereocenters. The van der Waals surface area contributed by atoms with Gasteiger partial charge in [0, 0.05) is 0 Å². The Labute approximate surface area is 109 Å². The summed E-state index contributed by atoms with van der Waals surface area (Å²) >= 11 is 0. The van der Waals surface area contributed by atoms with Gasteiger partial charge in [0.2, 0.25) is 0 Å². The van der Waals surface area contributed by atoms with E-state index >= 15 is 0 Å². The van der Waals surface area contributed by atoms with Gasteiger partial charge in [0.25, 0.3) is 0 Å². The second-order valence-corrected chi connectivity index (χ2v) is 5.22. The predicted molar refractivity (Wildman–Crippen MR) is 70.0 cm³/mol. The van der Waals surface area contributed by atoms with Crippen molar-refractivity contribution in [3.8, 4) is 0 Å². The zero-order valence-electron chi connectivity index (χ0n) is 12.2. The Hall–Kier alpha value is -1.32. The molecule has 0 spiro atoms. The Kier molecular flexibility index (Phi) is 6.09. The minimum Gasteiger partial charge on any atom is -0.465 e. The SMILES string of the molecule is CCOC(=O)C(C)(C)C=CC(C)(C)C(=O)OCC. The van der Waals surface area contributed by atoms with E-state index < -0.39 is 10.8 Å². The molecule has 4 nitrogen and oxygen atoms in total. The first-order valence-electron chi connectivity index (χ1n) is 6.22. The van der Waals surface area contributed by atoms with E-state index in [1.807, 2.05) is 0 Å². The molecule has 0 saturated heterocycles. The molecule has 0 heterocycles. The Morgan fingerprint density at radius 1 is 0.833 bits per heavy atom. The average Bonchev–Trinajstić information content (AvgIpc) is 2.27. The highest BCUT2D eigenvalue weighted by Gasteiger charge is 2.30. The molecule has 0 aliphatic carbocycles. The summed E-state index contributed by atoms with van der Waals surface area (Å²) in [7, 11) is 0. The number of ether oxygens (including phenoxy) is 2. The molecular weight excluding hydrogens is 232 g/mol. The highest BCUT2D eigenvalue weighted by Crippen LogP contribution is 2.25. The van der Waals surface area contributed by atoms with Crippen LogP contribution in [0.1, 0.15) is 41.5 Å². The highest BCUT2D eigenvalue weighted by atomic mass is 16.5. The van der Waals surface area contributed by atoms with Crippen molar-refractivity contribution in [3.63, 3.8) is 0 Å². The number of rotatable bonds is 6. The third-order valence-electron chi connectivity index (χ3n) is 2.52. The third kappa shape index (κ3) is 4.90. The van der Waals surface area contributed by atoms with Crippen LogP contribution in [0.5, 0.6) is 0 Å². The molecule has 0 bridgehead atoms. The number of hydrogen-bond acceptors (Lipinski definition) is 4. The lowest BCUT2D eigenvalue weighted by atomic mass is 9.86. The lowest BCUT2D eigenvalue weighted by Gasteiger charge is -2.22. The van der Waals surface area contributed by atoms with Crippen LogP contribution < -0.4 is 0 Å². The van der Waals surface area contributed by atoms with Crippen molar-refractivity contribution in [1.29, 1.82) is 0 Å². The van der Waals surface area contributed by atoms with Crippen LogP contribution in [-0.2, 0) is 19.1 Å². The average molecular weight is 256 g/mol. The molecule has 104 valence electrons. The quantitative estimate of drug-likeness (QED) is 0.541. The summed E-state index contributed by atoms with van der Waals surface area (Å²) < 4.78 is 9.95. The van der Waals surface area contributed by atoms with Gasteiger partial charge >= 0.3 is 11.9 Å². The van der Waals surface area contributed by atoms with Gasteiger partial charge in [-0.15, -0.1) is 0 Å². The van der Waals surface area contributed by atoms with Crippen molar-refractivity contribution in [2.24, 2.45) is 10.8 Å². The van der Waals surface area contributed by atoms with Gasteiger partial charge < -0.3 is 9.47 Å². The summed E-state index contributed by atoms with van der Waals surface area (Å²) in [5.41, 5.74) is -1.50. The summed E-state index contributed by atoms with van der Waals surface area (Å²) in [6, 6.07) is 0. The Morgan fingerprint density at radius 3 is 1.33 bits per heavy atom. The van der Waals surface area contributed by atoms with Gasteiger partial charge in [-0.05, 0) is 41.5 Å². The first-order valence-corrected chi connectivity index (χ1v) is 6.22. The van der Waals surface area contributed by atoms with Gasteiger partial charge in [0.15, 0.2) is 0 Å². The largest absolute Gasteiger partial charge is 0.465 e. The highest BCUT2D eigenvalue weighted by molar-refractivity contribution is 5.80. The zero-order chi connectivity index (χ0) is 14.4. The number of carbonyl (C=O) groups excluding carboxylic acids is 2. The van der Waals surface area contributed by atoms with E-state index in [0.29, 0.717) is 13.2 Å². The van der Waals surface area contributed by atoms with Gasteiger partial charge in [-0.2, -0.15) is 0 Å². The topological polar surface area (TPSA) is 52.6 Å². The third-order valence-corrected chi connectivity index (χ3v) is 2.52. The Morgan fingerprint density at radius 2 is 1.11 bits per heavy atom. The Balaban J connectivity index is 4.80. The van der Waals surface area contributed by atoms with Crippen LogP contribution in [0.15, 0.2) is 12.2 Å². The van der Waals surface area contributed by atoms with Crippen molar-refractivity contribution in [2.75, 3.05) is 13.2 Å². The summed E-state index contributed by atoms with van der Waals surface area (Å²) in [5.74, 6) is -0.609. The molecule has 0 atom stereocenters. The molecule has 4 heteroatoms. The van der Waals surface area contributed by atoms with Crippen molar-refractivity contribution in [1.82, 2.24) is 0 Å². The first kappa shape index (κ1) is 16.7. The summed E-state index contributed by atoms with van der Waals surface area (Å²) in [4.78, 5) is 23.4. The normalized spacial score (nSPS) is 12.6. The molecule has 0 aromatic heterocycles. The van der Waals surface area contributed by atoms with Crippen molar-refractivity contribution in [2.45, 2.75) is 41.5 Å². The van der Waals surface area contributed by atoms with Crippen molar-refractivity contribution in [3.05, 3.63) is 12.2 Å². The molecule has 0 aliphatic heterocycles. The molecule has 0 radical (unpaired) electrons. The second kappa shape index (κ2) is 6.57. The zero-order valence-corrected chi connectivity index (χ0v) is 12.2. The maximum Gasteiger partial charge on any atom is 0.315 e. The van der Waals surface area contributed by atoms with E-state index in [9.17, 15) is 9.59 Å². The van der Waals surface area contributed by atoms with E-state index in [0.717, 1.165) is 0 Å². The van der Waals surface area contributed by atoms with Gasteiger partial charge in [0.05, 0.1) is 24.0 Å². The molecule has 0 aromatic carbocycles. The molecule has 18 heavy (non-hydrogen) atoms. The van der Waals surface area contributed by atoms with Crippen LogP contribution in [0.25, 0.3) is 0 Å². The standard InChI is InChI=1S/C14H24O4/c1-7-17-11(15)13(3,4)9-10-14(5,6)12(16)18-8-2/h9-10H,7-8H2,1-6H3. The molecule has 0 fully saturated rings. The molecule has 0 aliphatic rings. The molecule has 0 rings (SSSR count). The molecule has 0 N–H and O–H groups in total. The number of carbonyl (C=O) groups is 2. The van der Waals surface area contributed by atoms with Crippen molar-refractivity contribution < 1.29 is 19.1 Å². The monoisotopic (exact) mass is 256 g/mol. The number of hydrogen-bond donors (Lipinski definition) is 0. The fourth-order valence-corrected chi connectivity index (χ4v) is 1.19. The second-order valence-electron chi connectivity index (χ2n) is 5.22. The van der Waals surface area contributed by atoms with E-state index in [1.165, 1.54) is 0 Å². The molecule has 0 saturated carbocycles. The lowest BCUT2D eigenvalue weighted by molar-refractivity contribution is -0.152. The van der Waals surface area contributed by atoms with E-state index in [4.69, 9.17) is 9.47 Å². The van der Waals surface area contributed by atoms with Crippen LogP contribution in [0.2, 0.25) is 0 Å². The predicted octanol–water partition coefficient (Wildman–Crippen LogP) is 2.72. The number of esters is 2. The molecule has 0 amide bonds. The van der Waals surface area contributed by atoms with E-state index in [-0.39, 0.29) is 11.9 Å². The summed E-state index contributed by atoms with van der Waals surface area (Å²) in [6.45, 7) is 11.2. The fourth-order valence-electron chi connectivity index (χ4n) is 1.19. The minimum absolute atomic E-state index is 0.305. The van der Waals surface area contributed by atoms with Crippen LogP contribution in [0, 0.1) is 10.8 Å². The van der Waals surface area contributed by atoms with Gasteiger partial charge in [-0.3, -0.25) is 9.59 Å². The van der Waals surface area contributed by atoms with Crippen LogP contribution in [0.3, 0.4) is 0 Å². The fraction of sp³-hybridized carbons (Fsp3) is 0.714. The first-order chi connectivity index (χ1) is 8.17. The summed E-state index contributed by atoms with van der Waals surface area (Å²) in [5, 5.41) is 0. The molecule has 0 aromatic rings. The smallest absolute Gasteiger partial charge is 0.315 e. The summed E-state index contributed by atoms with van der Waals surface area (Å²) in [6.07, 6.45) is 3.39. The van der Waals surface area contributed by atoms with Gasteiger partial charge in [-0.1, -0.05) is 12.2 Å². The minimum atomic E-state index is -0.750. The maximum atomic E-state index is 11.7. The maximum absolute atomic E-state index is 11.7.